The quantitative estimate of drug-likeness (QED) is 0.108. The summed E-state index contributed by atoms with van der Waals surface area (Å²) >= 11 is 4.28. The standard InChI is InChI=1S/C15H24Br2N5O12P3.3Na.H2O/c1-3-21(4-2)12-9-13(19-6-18-12)22(7-20-9)14-11(24)10(23)8(33-14)5-32-37(30,31)34-36(28,29)15(16,17)35(25,26)27;;;;/h6-8,10-11,14,23-24H,3-5H2,1-2H3,(H,28,29)(H,30,31)(H2,25,26,27);;;;1H2/q;3*+1;/p-3/t8-,10-,11-,14-;;;;/m1..../s1. The van der Waals surface area contributed by atoms with Gasteiger partial charge in [-0.05, 0) is 13.8 Å². The van der Waals surface area contributed by atoms with Gasteiger partial charge in [0.1, 0.15) is 24.6 Å². The number of halogens is 2. The van der Waals surface area contributed by atoms with Gasteiger partial charge in [-0.15, -0.1) is 0 Å². The van der Waals surface area contributed by atoms with E-state index in [0.717, 1.165) is 0 Å². The van der Waals surface area contributed by atoms with Crippen LogP contribution in [0, 0.1) is 0 Å². The summed E-state index contributed by atoms with van der Waals surface area (Å²) in [5, 5.41) is 20.9. The topological polar surface area (TPSA) is 287 Å². The first-order chi connectivity index (χ1) is 17.0. The number of hydrogen-bond acceptors (Lipinski definition) is 15. The van der Waals surface area contributed by atoms with E-state index in [0.29, 0.717) is 24.4 Å². The van der Waals surface area contributed by atoms with Crippen LogP contribution in [0.4, 0.5) is 5.82 Å². The van der Waals surface area contributed by atoms with Crippen LogP contribution in [0.1, 0.15) is 20.1 Å². The smallest absolute Gasteiger partial charge is 0.777 e. The van der Waals surface area contributed by atoms with Gasteiger partial charge in [0.25, 0.3) is 7.82 Å². The fraction of sp³-hybridized carbons (Fsp3) is 0.667. The van der Waals surface area contributed by atoms with E-state index in [1.165, 1.54) is 17.2 Å². The third kappa shape index (κ3) is 10.0. The Bertz CT molecular complexity index is 1290. The van der Waals surface area contributed by atoms with Crippen molar-refractivity contribution in [3.8, 4) is 0 Å². The molecular weight excluding hydrogens is 780 g/mol. The van der Waals surface area contributed by atoms with Crippen molar-refractivity contribution in [1.82, 2.24) is 19.5 Å². The molecule has 1 aliphatic heterocycles. The predicted octanol–water partition coefficient (Wildman–Crippen LogP) is -10.5. The Kier molecular flexibility index (Phi) is 19.7. The van der Waals surface area contributed by atoms with E-state index in [9.17, 15) is 38.6 Å². The summed E-state index contributed by atoms with van der Waals surface area (Å²) in [6.45, 7) is 4.05. The van der Waals surface area contributed by atoms with Crippen LogP contribution in [-0.4, -0.2) is 80.8 Å². The van der Waals surface area contributed by atoms with Crippen LogP contribution in [0.15, 0.2) is 12.7 Å². The first-order valence-electron chi connectivity index (χ1n) is 10.3. The van der Waals surface area contributed by atoms with Gasteiger partial charge in [-0.2, -0.15) is 0 Å². The predicted molar refractivity (Wildman–Crippen MR) is 131 cm³/mol. The summed E-state index contributed by atoms with van der Waals surface area (Å²) in [5.74, 6) is 0.522. The van der Waals surface area contributed by atoms with Crippen LogP contribution in [0.25, 0.3) is 11.2 Å². The maximum Gasteiger partial charge on any atom is 1.00 e. The normalized spacial score (nSPS) is 24.8. The molecule has 0 amide bonds. The number of aliphatic hydroxyl groups excluding tert-OH is 2. The number of ether oxygens (including phenoxy) is 1. The first-order valence-corrected chi connectivity index (χ1v) is 16.5. The molecule has 1 aliphatic rings. The minimum atomic E-state index is -5.95. The number of aromatic nitrogens is 4. The number of imidazole rings is 1. The molecule has 3 heterocycles. The molecule has 26 heteroatoms. The van der Waals surface area contributed by atoms with Crippen molar-refractivity contribution in [1.29, 1.82) is 0 Å². The molecule has 2 aromatic rings. The van der Waals surface area contributed by atoms with Gasteiger partial charge in [0.2, 0.25) is 2.72 Å². The molecule has 0 aromatic carbocycles. The summed E-state index contributed by atoms with van der Waals surface area (Å²) in [6.07, 6.45) is -3.58. The summed E-state index contributed by atoms with van der Waals surface area (Å²) < 4.78 is 47.2. The van der Waals surface area contributed by atoms with E-state index in [4.69, 9.17) is 9.63 Å². The molecule has 5 N–H and O–H groups in total. The molecule has 1 fully saturated rings. The zero-order chi connectivity index (χ0) is 28.0. The van der Waals surface area contributed by atoms with Crippen molar-refractivity contribution in [3.63, 3.8) is 0 Å². The number of rotatable bonds is 11. The Morgan fingerprint density at radius 2 is 1.63 bits per heavy atom. The van der Waals surface area contributed by atoms with E-state index in [1.807, 2.05) is 18.7 Å². The van der Waals surface area contributed by atoms with Crippen molar-refractivity contribution in [2.45, 2.75) is 41.1 Å². The van der Waals surface area contributed by atoms with Crippen molar-refractivity contribution in [2.24, 2.45) is 0 Å². The second kappa shape index (κ2) is 17.7. The van der Waals surface area contributed by atoms with Gasteiger partial charge in [0, 0.05) is 13.1 Å². The Morgan fingerprint density at radius 3 is 2.15 bits per heavy atom. The molecule has 18 nitrogen and oxygen atoms in total. The average Bonchev–Trinajstić information content (AvgIpc) is 3.33. The molecular formula is C15H23Br2N5Na3O13P3. The van der Waals surface area contributed by atoms with Crippen LogP contribution in [0.5, 0.6) is 0 Å². The van der Waals surface area contributed by atoms with Gasteiger partial charge in [0.05, 0.1) is 12.9 Å². The average molecular weight is 803 g/mol. The Labute approximate surface area is 317 Å². The summed E-state index contributed by atoms with van der Waals surface area (Å²) in [6, 6.07) is 0. The van der Waals surface area contributed by atoms with E-state index in [-0.39, 0.29) is 99.8 Å². The van der Waals surface area contributed by atoms with Gasteiger partial charge in [0.15, 0.2) is 38.4 Å². The molecule has 2 aromatic heterocycles. The molecule has 0 saturated carbocycles. The van der Waals surface area contributed by atoms with Crippen molar-refractivity contribution in [2.75, 3.05) is 24.6 Å². The number of phosphoric acid groups is 1. The second-order valence-corrected chi connectivity index (χ2v) is 19.0. The van der Waals surface area contributed by atoms with Gasteiger partial charge in [-0.1, -0.05) is 31.9 Å². The maximum absolute atomic E-state index is 12.1. The van der Waals surface area contributed by atoms with E-state index < -0.39 is 56.9 Å². The zero-order valence-corrected chi connectivity index (χ0v) is 34.3. The first kappa shape index (κ1) is 45.7. The molecule has 7 atom stereocenters. The van der Waals surface area contributed by atoms with Gasteiger partial charge in [-0.3, -0.25) is 13.4 Å². The van der Waals surface area contributed by atoms with Crippen LogP contribution in [0.3, 0.4) is 0 Å². The largest absolute Gasteiger partial charge is 1.00 e. The number of anilines is 1. The molecule has 0 spiro atoms. The van der Waals surface area contributed by atoms with Crippen molar-refractivity contribution in [3.05, 3.63) is 12.7 Å². The fourth-order valence-corrected chi connectivity index (χ4v) is 8.10. The molecule has 0 radical (unpaired) electrons. The van der Waals surface area contributed by atoms with Gasteiger partial charge < -0.3 is 58.6 Å². The summed E-state index contributed by atoms with van der Waals surface area (Å²) in [7, 11) is -17.5. The SMILES string of the molecule is CCN(CC)c1ncnc2c1ncn2[C@@H]1O[C@H](COP(=O)([O-])OP(=O)([O-])C(Br)(Br)P(=O)([O-])O)[C@@H](O)[C@H]1O.O.[Na+].[Na+].[Na+]. The number of alkyl halides is 2. The zero-order valence-electron chi connectivity index (χ0n) is 22.4. The molecule has 0 bridgehead atoms. The number of hydrogen-bond donors (Lipinski definition) is 3. The van der Waals surface area contributed by atoms with Crippen LogP contribution < -0.4 is 108 Å². The number of aliphatic hydroxyl groups is 2. The Hall–Kier alpha value is 2.60. The van der Waals surface area contributed by atoms with Gasteiger partial charge in [-0.25, -0.2) is 15.0 Å². The van der Waals surface area contributed by atoms with E-state index in [2.05, 4.69) is 55.6 Å². The molecule has 3 unspecified atom stereocenters. The maximum atomic E-state index is 12.1. The minimum Gasteiger partial charge on any atom is -0.777 e. The van der Waals surface area contributed by atoms with Crippen LogP contribution >= 0.6 is 54.9 Å². The van der Waals surface area contributed by atoms with Crippen LogP contribution in [-0.2, 0) is 27.3 Å². The number of nitrogens with zero attached hydrogens (tertiary/aromatic N) is 5. The Balaban J connectivity index is 0. The molecule has 1 saturated heterocycles. The summed E-state index contributed by atoms with van der Waals surface area (Å²) in [5.41, 5.74) is 0.629. The van der Waals surface area contributed by atoms with E-state index >= 15 is 0 Å². The van der Waals surface area contributed by atoms with Crippen molar-refractivity contribution < 1.29 is 151 Å². The molecule has 3 rings (SSSR count). The number of phosphoric ester groups is 1. The third-order valence-corrected chi connectivity index (χ3v) is 15.5. The second-order valence-electron chi connectivity index (χ2n) is 7.59. The molecule has 218 valence electrons. The van der Waals surface area contributed by atoms with E-state index in [1.54, 1.807) is 0 Å². The number of fused-ring (bicyclic) bond motifs is 1. The van der Waals surface area contributed by atoms with Crippen LogP contribution in [0.2, 0.25) is 0 Å². The third-order valence-electron chi connectivity index (χ3n) is 5.29. The fourth-order valence-electron chi connectivity index (χ4n) is 3.40. The minimum absolute atomic E-state index is 0. The monoisotopic (exact) mass is 801 g/mol. The molecule has 41 heavy (non-hydrogen) atoms. The Morgan fingerprint density at radius 1 is 1.07 bits per heavy atom. The summed E-state index contributed by atoms with van der Waals surface area (Å²) in [4.78, 5) is 59.0. The van der Waals surface area contributed by atoms with Gasteiger partial charge >= 0.3 is 88.7 Å². The van der Waals surface area contributed by atoms with Crippen molar-refractivity contribution >= 4 is 71.9 Å². The molecule has 0 aliphatic carbocycles.